The maximum absolute atomic E-state index is 6.11. The smallest absolute Gasteiger partial charge is 0.141 e. The van der Waals surface area contributed by atoms with Crippen molar-refractivity contribution < 1.29 is 4.74 Å². The lowest BCUT2D eigenvalue weighted by Crippen LogP contribution is -2.25. The van der Waals surface area contributed by atoms with E-state index in [1.165, 1.54) is 0 Å². The number of rotatable bonds is 6. The van der Waals surface area contributed by atoms with Gasteiger partial charge in [0.2, 0.25) is 0 Å². The second-order valence-corrected chi connectivity index (χ2v) is 4.69. The normalized spacial score (nSPS) is 10.9. The van der Waals surface area contributed by atoms with Crippen molar-refractivity contribution >= 4 is 23.2 Å². The van der Waals surface area contributed by atoms with Crippen LogP contribution in [0.15, 0.2) is 12.1 Å². The third-order valence-corrected chi connectivity index (χ3v) is 3.05. The van der Waals surface area contributed by atoms with Gasteiger partial charge in [-0.05, 0) is 50.0 Å². The summed E-state index contributed by atoms with van der Waals surface area (Å²) >= 11 is 12.1. The Morgan fingerprint density at radius 1 is 1.24 bits per heavy atom. The molecule has 0 aromatic heterocycles. The first-order chi connectivity index (χ1) is 8.12. The van der Waals surface area contributed by atoms with Crippen LogP contribution in [0.4, 0.5) is 0 Å². The summed E-state index contributed by atoms with van der Waals surface area (Å²) in [6, 6.07) is 3.54. The largest absolute Gasteiger partial charge is 0.492 e. The Labute approximate surface area is 112 Å². The molecule has 3 nitrogen and oxygen atoms in total. The number of nitrogens with two attached hydrogens (primary N) is 2. The second-order valence-electron chi connectivity index (χ2n) is 3.85. The highest BCUT2D eigenvalue weighted by Gasteiger charge is 2.14. The zero-order chi connectivity index (χ0) is 12.8. The zero-order valence-electron chi connectivity index (χ0n) is 9.88. The Bertz CT molecular complexity index is 368. The number of benzene rings is 1. The van der Waals surface area contributed by atoms with Crippen molar-refractivity contribution in [1.29, 1.82) is 0 Å². The van der Waals surface area contributed by atoms with Gasteiger partial charge in [-0.2, -0.15) is 0 Å². The lowest BCUT2D eigenvalue weighted by Gasteiger charge is -2.17. The average Bonchev–Trinajstić information content (AvgIpc) is 2.30. The van der Waals surface area contributed by atoms with Crippen LogP contribution in [-0.2, 0) is 6.42 Å². The van der Waals surface area contributed by atoms with Gasteiger partial charge in [0.15, 0.2) is 0 Å². The van der Waals surface area contributed by atoms with Crippen molar-refractivity contribution in [2.24, 2.45) is 17.4 Å². The topological polar surface area (TPSA) is 61.3 Å². The summed E-state index contributed by atoms with van der Waals surface area (Å²) < 4.78 is 5.54. The van der Waals surface area contributed by atoms with E-state index in [1.807, 2.05) is 13.0 Å². The summed E-state index contributed by atoms with van der Waals surface area (Å²) in [5.41, 5.74) is 12.3. The van der Waals surface area contributed by atoms with Crippen molar-refractivity contribution in [1.82, 2.24) is 0 Å². The summed E-state index contributed by atoms with van der Waals surface area (Å²) in [6.07, 6.45) is 0.725. The lowest BCUT2D eigenvalue weighted by atomic mass is 9.99. The highest BCUT2D eigenvalue weighted by Crippen LogP contribution is 2.33. The molecule has 0 aliphatic rings. The molecule has 0 fully saturated rings. The van der Waals surface area contributed by atoms with E-state index in [1.54, 1.807) is 6.07 Å². The Kier molecular flexibility index (Phi) is 6.06. The van der Waals surface area contributed by atoms with Crippen LogP contribution in [0.2, 0.25) is 10.0 Å². The number of ether oxygens (including phenoxy) is 1. The van der Waals surface area contributed by atoms with Crippen LogP contribution in [-0.4, -0.2) is 19.7 Å². The molecule has 0 bridgehead atoms. The molecule has 1 aromatic rings. The van der Waals surface area contributed by atoms with E-state index in [9.17, 15) is 0 Å². The second kappa shape index (κ2) is 7.07. The predicted octanol–water partition coefficient (Wildman–Crippen LogP) is 2.47. The van der Waals surface area contributed by atoms with Gasteiger partial charge >= 0.3 is 0 Å². The lowest BCUT2D eigenvalue weighted by molar-refractivity contribution is 0.334. The quantitative estimate of drug-likeness (QED) is 0.839. The van der Waals surface area contributed by atoms with Crippen LogP contribution >= 0.6 is 23.2 Å². The highest BCUT2D eigenvalue weighted by atomic mass is 35.5. The van der Waals surface area contributed by atoms with Gasteiger partial charge in [-0.15, -0.1) is 0 Å². The number of hydrogen-bond acceptors (Lipinski definition) is 3. The molecule has 0 atom stereocenters. The molecule has 96 valence electrons. The van der Waals surface area contributed by atoms with Crippen molar-refractivity contribution in [3.8, 4) is 5.75 Å². The molecule has 0 aliphatic heterocycles. The zero-order valence-corrected chi connectivity index (χ0v) is 11.4. The van der Waals surface area contributed by atoms with Crippen molar-refractivity contribution in [2.75, 3.05) is 19.7 Å². The monoisotopic (exact) mass is 276 g/mol. The minimum atomic E-state index is 0.212. The maximum Gasteiger partial charge on any atom is 0.141 e. The molecule has 0 saturated heterocycles. The summed E-state index contributed by atoms with van der Waals surface area (Å²) in [7, 11) is 0. The van der Waals surface area contributed by atoms with Crippen LogP contribution < -0.4 is 16.2 Å². The first kappa shape index (κ1) is 14.6. The van der Waals surface area contributed by atoms with Crippen LogP contribution in [0, 0.1) is 5.92 Å². The van der Waals surface area contributed by atoms with Gasteiger partial charge in [0.05, 0.1) is 11.6 Å². The molecule has 0 aliphatic carbocycles. The van der Waals surface area contributed by atoms with E-state index in [0.717, 1.165) is 12.0 Å². The van der Waals surface area contributed by atoms with E-state index in [0.29, 0.717) is 35.5 Å². The molecular weight excluding hydrogens is 259 g/mol. The standard InChI is InChI=1S/C12H18Cl2N2O/c1-2-17-12-9(3-8(6-15)7-16)4-10(13)5-11(12)14/h4-5,8H,2-3,6-7,15-16H2,1H3. The Balaban J connectivity index is 3.02. The molecule has 17 heavy (non-hydrogen) atoms. The maximum atomic E-state index is 6.11. The van der Waals surface area contributed by atoms with Gasteiger partial charge in [-0.3, -0.25) is 0 Å². The fourth-order valence-corrected chi connectivity index (χ4v) is 2.24. The highest BCUT2D eigenvalue weighted by molar-refractivity contribution is 6.35. The molecule has 0 radical (unpaired) electrons. The first-order valence-corrected chi connectivity index (χ1v) is 6.38. The summed E-state index contributed by atoms with van der Waals surface area (Å²) in [5.74, 6) is 0.897. The van der Waals surface area contributed by atoms with Crippen LogP contribution in [0.3, 0.4) is 0 Å². The predicted molar refractivity (Wildman–Crippen MR) is 72.9 cm³/mol. The van der Waals surface area contributed by atoms with Gasteiger partial charge in [0, 0.05) is 5.02 Å². The van der Waals surface area contributed by atoms with Crippen LogP contribution in [0.1, 0.15) is 12.5 Å². The Hall–Kier alpha value is -0.480. The molecule has 0 heterocycles. The molecule has 5 heteroatoms. The third kappa shape index (κ3) is 4.03. The van der Waals surface area contributed by atoms with Gasteiger partial charge in [0.1, 0.15) is 5.75 Å². The van der Waals surface area contributed by atoms with E-state index >= 15 is 0 Å². The molecule has 0 unspecified atom stereocenters. The molecule has 0 amide bonds. The van der Waals surface area contributed by atoms with Crippen LogP contribution in [0.5, 0.6) is 5.75 Å². The third-order valence-electron chi connectivity index (χ3n) is 2.55. The summed E-state index contributed by atoms with van der Waals surface area (Å²) in [5, 5.41) is 1.13. The van der Waals surface area contributed by atoms with Crippen molar-refractivity contribution in [2.45, 2.75) is 13.3 Å². The van der Waals surface area contributed by atoms with E-state index in [4.69, 9.17) is 39.4 Å². The van der Waals surface area contributed by atoms with E-state index < -0.39 is 0 Å². The SMILES string of the molecule is CCOc1c(Cl)cc(Cl)cc1CC(CN)CN. The summed E-state index contributed by atoms with van der Waals surface area (Å²) in [6.45, 7) is 3.54. The molecule has 4 N–H and O–H groups in total. The van der Waals surface area contributed by atoms with E-state index in [-0.39, 0.29) is 5.92 Å². The first-order valence-electron chi connectivity index (χ1n) is 5.63. The molecule has 1 aromatic carbocycles. The number of halogens is 2. The molecule has 0 spiro atoms. The Morgan fingerprint density at radius 2 is 1.88 bits per heavy atom. The van der Waals surface area contributed by atoms with Crippen molar-refractivity contribution in [3.05, 3.63) is 27.7 Å². The van der Waals surface area contributed by atoms with Gasteiger partial charge < -0.3 is 16.2 Å². The average molecular weight is 277 g/mol. The fourth-order valence-electron chi connectivity index (χ4n) is 1.65. The van der Waals surface area contributed by atoms with E-state index in [2.05, 4.69) is 0 Å². The molecule has 1 rings (SSSR count). The minimum Gasteiger partial charge on any atom is -0.492 e. The van der Waals surface area contributed by atoms with Crippen molar-refractivity contribution in [3.63, 3.8) is 0 Å². The van der Waals surface area contributed by atoms with Gasteiger partial charge in [-0.1, -0.05) is 23.2 Å². The number of hydrogen-bond donors (Lipinski definition) is 2. The van der Waals surface area contributed by atoms with Gasteiger partial charge in [-0.25, -0.2) is 0 Å². The molecular formula is C12H18Cl2N2O. The fraction of sp³-hybridized carbons (Fsp3) is 0.500. The minimum absolute atomic E-state index is 0.212. The van der Waals surface area contributed by atoms with Crippen LogP contribution in [0.25, 0.3) is 0 Å². The van der Waals surface area contributed by atoms with Gasteiger partial charge in [0.25, 0.3) is 0 Å². The summed E-state index contributed by atoms with van der Waals surface area (Å²) in [4.78, 5) is 0. The Morgan fingerprint density at radius 3 is 2.41 bits per heavy atom. The molecule has 0 saturated carbocycles.